The maximum atomic E-state index is 13.3. The number of methoxy groups -OCH3 is 1. The monoisotopic (exact) mass is 525 g/mol. The van der Waals surface area contributed by atoms with Gasteiger partial charge < -0.3 is 15.0 Å². The third-order valence-electron chi connectivity index (χ3n) is 4.82. The van der Waals surface area contributed by atoms with Gasteiger partial charge in [-0.15, -0.1) is 0 Å². The fourth-order valence-corrected chi connectivity index (χ4v) is 4.17. The summed E-state index contributed by atoms with van der Waals surface area (Å²) in [4.78, 5) is 27.2. The van der Waals surface area contributed by atoms with Crippen LogP contribution in [-0.2, 0) is 26.2 Å². The number of carbonyl (C=O) groups is 2. The summed E-state index contributed by atoms with van der Waals surface area (Å²) in [6, 6.07) is 13.0. The van der Waals surface area contributed by atoms with Gasteiger partial charge >= 0.3 is 0 Å². The minimum Gasteiger partial charge on any atom is -0.497 e. The highest BCUT2D eigenvalue weighted by Gasteiger charge is 2.29. The number of anilines is 1. The number of ether oxygens (including phenoxy) is 1. The van der Waals surface area contributed by atoms with Gasteiger partial charge in [0.25, 0.3) is 0 Å². The molecule has 2 amide bonds. The molecule has 32 heavy (non-hydrogen) atoms. The summed E-state index contributed by atoms with van der Waals surface area (Å²) < 4.78 is 32.0. The largest absolute Gasteiger partial charge is 0.497 e. The third kappa shape index (κ3) is 6.96. The van der Waals surface area contributed by atoms with Crippen LogP contribution in [0.4, 0.5) is 5.69 Å². The topological polar surface area (TPSA) is 96.0 Å². The highest BCUT2D eigenvalue weighted by atomic mass is 79.9. The van der Waals surface area contributed by atoms with Crippen LogP contribution in [0, 0.1) is 0 Å². The number of carbonyl (C=O) groups excluding carboxylic acids is 2. The molecule has 0 aliphatic carbocycles. The Morgan fingerprint density at radius 3 is 2.19 bits per heavy atom. The number of amides is 2. The molecule has 0 saturated heterocycles. The van der Waals surface area contributed by atoms with E-state index in [1.807, 2.05) is 24.3 Å². The summed E-state index contributed by atoms with van der Waals surface area (Å²) in [6.45, 7) is 3.56. The minimum absolute atomic E-state index is 0.157. The first-order chi connectivity index (χ1) is 15.1. The van der Waals surface area contributed by atoms with Crippen LogP contribution in [0.25, 0.3) is 0 Å². The van der Waals surface area contributed by atoms with Gasteiger partial charge in [0.05, 0.1) is 19.1 Å². The van der Waals surface area contributed by atoms with E-state index in [0.29, 0.717) is 18.0 Å². The molecule has 2 aromatic carbocycles. The zero-order chi connectivity index (χ0) is 23.9. The van der Waals surface area contributed by atoms with Crippen molar-refractivity contribution < 1.29 is 22.7 Å². The van der Waals surface area contributed by atoms with Crippen molar-refractivity contribution in [3.8, 4) is 5.75 Å². The highest BCUT2D eigenvalue weighted by molar-refractivity contribution is 9.10. The van der Waals surface area contributed by atoms with E-state index in [-0.39, 0.29) is 12.5 Å². The predicted molar refractivity (Wildman–Crippen MR) is 128 cm³/mol. The van der Waals surface area contributed by atoms with Crippen LogP contribution in [-0.4, -0.2) is 57.6 Å². The van der Waals surface area contributed by atoms with Crippen molar-refractivity contribution in [2.24, 2.45) is 0 Å². The Labute approximate surface area is 197 Å². The Bertz CT molecular complexity index is 1030. The van der Waals surface area contributed by atoms with Gasteiger partial charge in [-0.2, -0.15) is 0 Å². The number of hydrogen-bond donors (Lipinski definition) is 1. The lowest BCUT2D eigenvalue weighted by Gasteiger charge is -2.31. The summed E-state index contributed by atoms with van der Waals surface area (Å²) in [6.07, 6.45) is 1.04. The molecule has 0 bridgehead atoms. The van der Waals surface area contributed by atoms with Gasteiger partial charge in [0.2, 0.25) is 21.8 Å². The molecule has 10 heteroatoms. The summed E-state index contributed by atoms with van der Waals surface area (Å²) in [5.41, 5.74) is 1.14. The number of benzene rings is 2. The van der Waals surface area contributed by atoms with Gasteiger partial charge in [0, 0.05) is 17.6 Å². The fourth-order valence-electron chi connectivity index (χ4n) is 3.05. The van der Waals surface area contributed by atoms with Crippen LogP contribution >= 0.6 is 15.9 Å². The lowest BCUT2D eigenvalue weighted by atomic mass is 10.1. The van der Waals surface area contributed by atoms with Crippen molar-refractivity contribution in [3.63, 3.8) is 0 Å². The molecule has 0 unspecified atom stereocenters. The quantitative estimate of drug-likeness (QED) is 0.514. The predicted octanol–water partition coefficient (Wildman–Crippen LogP) is 2.78. The molecular formula is C22H28BrN3O5S. The molecule has 0 fully saturated rings. The number of likely N-dealkylation sites (N-methyl/N-ethyl adjacent to an activating group) is 1. The standard InChI is InChI=1S/C22H28BrN3O5S/c1-5-24-22(28)16(2)25(14-17-6-8-18(23)9-7-17)21(27)15-26(32(4,29)30)19-10-12-20(31-3)13-11-19/h6-13,16H,5,14-15H2,1-4H3,(H,24,28)/t16-/m0/s1. The van der Waals surface area contributed by atoms with E-state index < -0.39 is 28.5 Å². The third-order valence-corrected chi connectivity index (χ3v) is 6.49. The van der Waals surface area contributed by atoms with Gasteiger partial charge in [0.1, 0.15) is 18.3 Å². The van der Waals surface area contributed by atoms with E-state index in [2.05, 4.69) is 21.2 Å². The molecule has 0 saturated carbocycles. The maximum Gasteiger partial charge on any atom is 0.244 e. The smallest absolute Gasteiger partial charge is 0.244 e. The van der Waals surface area contributed by atoms with Crippen LogP contribution in [0.2, 0.25) is 0 Å². The lowest BCUT2D eigenvalue weighted by molar-refractivity contribution is -0.139. The summed E-state index contributed by atoms with van der Waals surface area (Å²) in [7, 11) is -2.25. The normalized spacial score (nSPS) is 12.0. The summed E-state index contributed by atoms with van der Waals surface area (Å²) in [5.74, 6) is -0.239. The van der Waals surface area contributed by atoms with Crippen molar-refractivity contribution in [2.45, 2.75) is 26.4 Å². The Hall–Kier alpha value is -2.59. The number of sulfonamides is 1. The van der Waals surface area contributed by atoms with Gasteiger partial charge in [-0.1, -0.05) is 28.1 Å². The number of nitrogens with one attached hydrogen (secondary N) is 1. The minimum atomic E-state index is -3.76. The Balaban J connectivity index is 2.35. The molecule has 2 rings (SSSR count). The summed E-state index contributed by atoms with van der Waals surface area (Å²) >= 11 is 3.38. The molecule has 1 atom stereocenters. The Kier molecular flexibility index (Phi) is 9.09. The number of halogens is 1. The van der Waals surface area contributed by atoms with E-state index >= 15 is 0 Å². The highest BCUT2D eigenvalue weighted by Crippen LogP contribution is 2.22. The van der Waals surface area contributed by atoms with Crippen molar-refractivity contribution in [2.75, 3.05) is 30.8 Å². The first kappa shape index (κ1) is 25.7. The maximum absolute atomic E-state index is 13.3. The molecule has 0 radical (unpaired) electrons. The van der Waals surface area contributed by atoms with Crippen LogP contribution in [0.5, 0.6) is 5.75 Å². The lowest BCUT2D eigenvalue weighted by Crippen LogP contribution is -2.51. The van der Waals surface area contributed by atoms with Gasteiger partial charge in [0.15, 0.2) is 0 Å². The average molecular weight is 526 g/mol. The van der Waals surface area contributed by atoms with Crippen molar-refractivity contribution >= 4 is 43.5 Å². The van der Waals surface area contributed by atoms with Crippen molar-refractivity contribution in [1.29, 1.82) is 0 Å². The van der Waals surface area contributed by atoms with Crippen molar-refractivity contribution in [1.82, 2.24) is 10.2 Å². The molecule has 0 aliphatic rings. The fraction of sp³-hybridized carbons (Fsp3) is 0.364. The first-order valence-electron chi connectivity index (χ1n) is 10.00. The van der Waals surface area contributed by atoms with Gasteiger partial charge in [-0.25, -0.2) is 8.42 Å². The van der Waals surface area contributed by atoms with E-state index in [1.54, 1.807) is 38.1 Å². The number of nitrogens with zero attached hydrogens (tertiary/aromatic N) is 2. The van der Waals surface area contributed by atoms with Crippen LogP contribution in [0.1, 0.15) is 19.4 Å². The number of hydrogen-bond acceptors (Lipinski definition) is 5. The second kappa shape index (κ2) is 11.3. The zero-order valence-electron chi connectivity index (χ0n) is 18.5. The van der Waals surface area contributed by atoms with Crippen LogP contribution < -0.4 is 14.4 Å². The molecular weight excluding hydrogens is 498 g/mol. The second-order valence-corrected chi connectivity index (χ2v) is 10.0. The van der Waals surface area contributed by atoms with Crippen LogP contribution in [0.3, 0.4) is 0 Å². The van der Waals surface area contributed by atoms with Gasteiger partial charge in [-0.05, 0) is 55.8 Å². The average Bonchev–Trinajstić information content (AvgIpc) is 2.76. The molecule has 1 N–H and O–H groups in total. The van der Waals surface area contributed by atoms with E-state index in [4.69, 9.17) is 4.74 Å². The molecule has 8 nitrogen and oxygen atoms in total. The Morgan fingerprint density at radius 1 is 1.09 bits per heavy atom. The van der Waals surface area contributed by atoms with E-state index in [1.165, 1.54) is 12.0 Å². The van der Waals surface area contributed by atoms with Crippen LogP contribution in [0.15, 0.2) is 53.0 Å². The first-order valence-corrected chi connectivity index (χ1v) is 12.6. The summed E-state index contributed by atoms with van der Waals surface area (Å²) in [5, 5.41) is 2.72. The van der Waals surface area contributed by atoms with Gasteiger partial charge in [-0.3, -0.25) is 13.9 Å². The number of rotatable bonds is 10. The molecule has 2 aromatic rings. The molecule has 0 aliphatic heterocycles. The van der Waals surface area contributed by atoms with E-state index in [9.17, 15) is 18.0 Å². The second-order valence-electron chi connectivity index (χ2n) is 7.19. The molecule has 0 spiro atoms. The van der Waals surface area contributed by atoms with Crippen molar-refractivity contribution in [3.05, 3.63) is 58.6 Å². The zero-order valence-corrected chi connectivity index (χ0v) is 20.9. The van der Waals surface area contributed by atoms with E-state index in [0.717, 1.165) is 20.6 Å². The molecule has 0 heterocycles. The SMILES string of the molecule is CCNC(=O)[C@H](C)N(Cc1ccc(Br)cc1)C(=O)CN(c1ccc(OC)cc1)S(C)(=O)=O. The Morgan fingerprint density at radius 2 is 1.69 bits per heavy atom. The molecule has 174 valence electrons. The molecule has 0 aromatic heterocycles.